The molecule has 0 saturated carbocycles. The largest absolute Gasteiger partial charge is 0.464 e. The van der Waals surface area contributed by atoms with E-state index in [0.29, 0.717) is 18.9 Å². The summed E-state index contributed by atoms with van der Waals surface area (Å²) in [6.07, 6.45) is 0.553. The summed E-state index contributed by atoms with van der Waals surface area (Å²) >= 11 is 0. The predicted octanol–water partition coefficient (Wildman–Crippen LogP) is 0.428. The Morgan fingerprint density at radius 3 is 2.25 bits per heavy atom. The van der Waals surface area contributed by atoms with E-state index in [2.05, 4.69) is 5.32 Å². The van der Waals surface area contributed by atoms with Gasteiger partial charge in [-0.3, -0.25) is 4.79 Å². The number of nitrogens with two attached hydrogens (primary N) is 1. The van der Waals surface area contributed by atoms with Crippen LogP contribution in [0, 0.1) is 5.92 Å². The fourth-order valence-corrected chi connectivity index (χ4v) is 1.23. The molecule has 0 aliphatic rings. The van der Waals surface area contributed by atoms with Gasteiger partial charge in [0.15, 0.2) is 0 Å². The quantitative estimate of drug-likeness (QED) is 0.648. The number of rotatable bonds is 6. The lowest BCUT2D eigenvalue weighted by atomic mass is 10.0. The van der Waals surface area contributed by atoms with Gasteiger partial charge in [-0.1, -0.05) is 13.8 Å². The van der Waals surface area contributed by atoms with Crippen molar-refractivity contribution in [1.29, 1.82) is 0 Å². The van der Waals surface area contributed by atoms with Crippen molar-refractivity contribution < 1.29 is 14.3 Å². The van der Waals surface area contributed by atoms with Crippen LogP contribution in [0.5, 0.6) is 0 Å². The van der Waals surface area contributed by atoms with Gasteiger partial charge in [-0.15, -0.1) is 0 Å². The minimum atomic E-state index is -0.621. The first kappa shape index (κ1) is 14.9. The molecule has 0 radical (unpaired) electrons. The van der Waals surface area contributed by atoms with Crippen molar-refractivity contribution >= 4 is 11.9 Å². The second kappa shape index (κ2) is 7.22. The zero-order valence-corrected chi connectivity index (χ0v) is 10.4. The number of carbonyl (C=O) groups is 2. The lowest BCUT2D eigenvalue weighted by Gasteiger charge is -2.19. The Kier molecular flexibility index (Phi) is 6.72. The van der Waals surface area contributed by atoms with Crippen LogP contribution in [0.4, 0.5) is 0 Å². The van der Waals surface area contributed by atoms with Crippen LogP contribution in [0.3, 0.4) is 0 Å². The first-order valence-electron chi connectivity index (χ1n) is 5.61. The molecule has 0 aliphatic carbocycles. The van der Waals surface area contributed by atoms with E-state index in [0.717, 1.165) is 0 Å². The molecular weight excluding hydrogens is 208 g/mol. The average Bonchev–Trinajstić information content (AvgIpc) is 2.16. The maximum atomic E-state index is 11.6. The lowest BCUT2D eigenvalue weighted by molar-refractivity contribution is -0.148. The molecule has 0 rings (SSSR count). The number of nitrogens with one attached hydrogen (secondary N) is 1. The molecule has 0 aromatic carbocycles. The predicted molar refractivity (Wildman–Crippen MR) is 61.7 cm³/mol. The van der Waals surface area contributed by atoms with Crippen LogP contribution >= 0.6 is 0 Å². The SMILES string of the molecule is CCOC(=O)[C@H](CC(C)C)NC(=O)[C@@H](C)N. The van der Waals surface area contributed by atoms with Gasteiger partial charge < -0.3 is 15.8 Å². The lowest BCUT2D eigenvalue weighted by Crippen LogP contribution is -2.48. The van der Waals surface area contributed by atoms with Crippen molar-refractivity contribution in [3.63, 3.8) is 0 Å². The Labute approximate surface area is 96.7 Å². The van der Waals surface area contributed by atoms with E-state index in [1.165, 1.54) is 0 Å². The Balaban J connectivity index is 4.42. The molecule has 0 bridgehead atoms. The Hall–Kier alpha value is -1.10. The standard InChI is InChI=1S/C11H22N2O3/c1-5-16-11(15)9(6-7(2)3)13-10(14)8(4)12/h7-9H,5-6,12H2,1-4H3,(H,13,14)/t8-,9+/m1/s1. The van der Waals surface area contributed by atoms with Crippen LogP contribution in [0.1, 0.15) is 34.1 Å². The molecule has 5 heteroatoms. The van der Waals surface area contributed by atoms with Crippen molar-refractivity contribution in [2.75, 3.05) is 6.61 Å². The fraction of sp³-hybridized carbons (Fsp3) is 0.818. The molecule has 2 atom stereocenters. The van der Waals surface area contributed by atoms with Crippen molar-refractivity contribution in [3.05, 3.63) is 0 Å². The van der Waals surface area contributed by atoms with Crippen LogP contribution in [0.25, 0.3) is 0 Å². The molecule has 0 spiro atoms. The van der Waals surface area contributed by atoms with Gasteiger partial charge in [0.1, 0.15) is 6.04 Å². The van der Waals surface area contributed by atoms with E-state index in [1.807, 2.05) is 13.8 Å². The van der Waals surface area contributed by atoms with Crippen LogP contribution in [-0.2, 0) is 14.3 Å². The minimum absolute atomic E-state index is 0.294. The van der Waals surface area contributed by atoms with Gasteiger partial charge in [-0.25, -0.2) is 4.79 Å². The molecule has 3 N–H and O–H groups in total. The van der Waals surface area contributed by atoms with Crippen molar-refractivity contribution in [3.8, 4) is 0 Å². The summed E-state index contributed by atoms with van der Waals surface area (Å²) in [5.74, 6) is -0.438. The Bertz CT molecular complexity index is 239. The van der Waals surface area contributed by atoms with Crippen LogP contribution in [0.15, 0.2) is 0 Å². The summed E-state index contributed by atoms with van der Waals surface area (Å²) in [5.41, 5.74) is 5.42. The molecule has 0 fully saturated rings. The van der Waals surface area contributed by atoms with Gasteiger partial charge in [-0.05, 0) is 26.2 Å². The second-order valence-corrected chi connectivity index (χ2v) is 4.23. The van der Waals surface area contributed by atoms with E-state index < -0.39 is 18.1 Å². The Morgan fingerprint density at radius 2 is 1.88 bits per heavy atom. The summed E-state index contributed by atoms with van der Waals surface area (Å²) in [7, 11) is 0. The zero-order valence-electron chi connectivity index (χ0n) is 10.4. The third kappa shape index (κ3) is 5.70. The molecule has 94 valence electrons. The first-order valence-corrected chi connectivity index (χ1v) is 5.61. The van der Waals surface area contributed by atoms with E-state index in [-0.39, 0.29) is 5.91 Å². The average molecular weight is 230 g/mol. The van der Waals surface area contributed by atoms with E-state index in [4.69, 9.17) is 10.5 Å². The molecule has 0 unspecified atom stereocenters. The second-order valence-electron chi connectivity index (χ2n) is 4.23. The van der Waals surface area contributed by atoms with Crippen LogP contribution in [-0.4, -0.2) is 30.6 Å². The highest BCUT2D eigenvalue weighted by Crippen LogP contribution is 2.06. The van der Waals surface area contributed by atoms with E-state index >= 15 is 0 Å². The van der Waals surface area contributed by atoms with E-state index in [9.17, 15) is 9.59 Å². The fourth-order valence-electron chi connectivity index (χ4n) is 1.23. The van der Waals surface area contributed by atoms with Crippen LogP contribution < -0.4 is 11.1 Å². The summed E-state index contributed by atoms with van der Waals surface area (Å²) < 4.78 is 4.89. The van der Waals surface area contributed by atoms with Gasteiger partial charge >= 0.3 is 5.97 Å². The van der Waals surface area contributed by atoms with Gasteiger partial charge in [-0.2, -0.15) is 0 Å². The topological polar surface area (TPSA) is 81.4 Å². The van der Waals surface area contributed by atoms with Crippen molar-refractivity contribution in [2.24, 2.45) is 11.7 Å². The molecule has 1 amide bonds. The number of hydrogen-bond donors (Lipinski definition) is 2. The number of hydrogen-bond acceptors (Lipinski definition) is 4. The molecule has 0 aromatic rings. The number of ether oxygens (including phenoxy) is 1. The van der Waals surface area contributed by atoms with Crippen molar-refractivity contribution in [1.82, 2.24) is 5.32 Å². The van der Waals surface area contributed by atoms with Gasteiger partial charge in [0.2, 0.25) is 5.91 Å². The third-order valence-electron chi connectivity index (χ3n) is 2.01. The first-order chi connectivity index (χ1) is 7.38. The minimum Gasteiger partial charge on any atom is -0.464 e. The smallest absolute Gasteiger partial charge is 0.328 e. The number of amides is 1. The van der Waals surface area contributed by atoms with Crippen LogP contribution in [0.2, 0.25) is 0 Å². The Morgan fingerprint density at radius 1 is 1.31 bits per heavy atom. The summed E-state index contributed by atoms with van der Waals surface area (Å²) in [6, 6.07) is -1.22. The van der Waals surface area contributed by atoms with Gasteiger partial charge in [0, 0.05) is 0 Å². The maximum Gasteiger partial charge on any atom is 0.328 e. The number of carbonyl (C=O) groups excluding carboxylic acids is 2. The molecule has 16 heavy (non-hydrogen) atoms. The molecule has 0 aromatic heterocycles. The number of esters is 1. The molecule has 0 saturated heterocycles. The highest BCUT2D eigenvalue weighted by molar-refractivity contribution is 5.87. The highest BCUT2D eigenvalue weighted by Gasteiger charge is 2.23. The highest BCUT2D eigenvalue weighted by atomic mass is 16.5. The normalized spacial score (nSPS) is 14.4. The molecular formula is C11H22N2O3. The van der Waals surface area contributed by atoms with Crippen molar-refractivity contribution in [2.45, 2.75) is 46.2 Å². The van der Waals surface area contributed by atoms with E-state index in [1.54, 1.807) is 13.8 Å². The molecule has 0 aliphatic heterocycles. The molecule has 5 nitrogen and oxygen atoms in total. The summed E-state index contributed by atoms with van der Waals surface area (Å²) in [4.78, 5) is 23.0. The zero-order chi connectivity index (χ0) is 12.7. The maximum absolute atomic E-state index is 11.6. The van der Waals surface area contributed by atoms with Gasteiger partial charge in [0.25, 0.3) is 0 Å². The molecule has 0 heterocycles. The summed E-state index contributed by atoms with van der Waals surface area (Å²) in [5, 5.41) is 2.59. The van der Waals surface area contributed by atoms with Gasteiger partial charge in [0.05, 0.1) is 12.6 Å². The monoisotopic (exact) mass is 230 g/mol. The third-order valence-corrected chi connectivity index (χ3v) is 2.01. The summed E-state index contributed by atoms with van der Waals surface area (Å²) in [6.45, 7) is 7.57.